The molecule has 41 heavy (non-hydrogen) atoms. The lowest BCUT2D eigenvalue weighted by atomic mass is 9.98. The van der Waals surface area contributed by atoms with Gasteiger partial charge in [0.15, 0.2) is 0 Å². The molecule has 0 amide bonds. The average molecular weight is 566 g/mol. The Bertz CT molecular complexity index is 1890. The van der Waals surface area contributed by atoms with Gasteiger partial charge < -0.3 is 20.3 Å². The van der Waals surface area contributed by atoms with E-state index < -0.39 is 11.7 Å². The number of hydrogen-bond donors (Lipinski definition) is 2. The van der Waals surface area contributed by atoms with Gasteiger partial charge >= 0.3 is 11.6 Å². The van der Waals surface area contributed by atoms with E-state index in [1.165, 1.54) is 4.68 Å². The quantitative estimate of drug-likeness (QED) is 0.186. The summed E-state index contributed by atoms with van der Waals surface area (Å²) in [4.78, 5) is 19.6. The maximum Gasteiger partial charge on any atom is 0.393 e. The maximum atomic E-state index is 13.9. The number of nitrogens with zero attached hydrogens (tertiary/aromatic N) is 3. The van der Waals surface area contributed by atoms with Crippen LogP contribution in [0.2, 0.25) is 0 Å². The highest BCUT2D eigenvalue weighted by Gasteiger charge is 2.37. The summed E-state index contributed by atoms with van der Waals surface area (Å²) in [6, 6.07) is 24.5. The number of carbonyl (C=O) groups excluding carboxylic acids is 1. The Hall–Kier alpha value is -5.22. The van der Waals surface area contributed by atoms with Gasteiger partial charge in [0.1, 0.15) is 21.2 Å². The van der Waals surface area contributed by atoms with Gasteiger partial charge in [0.2, 0.25) is 11.0 Å². The summed E-state index contributed by atoms with van der Waals surface area (Å²) < 4.78 is 16.8. The van der Waals surface area contributed by atoms with Crippen molar-refractivity contribution in [2.45, 2.75) is 6.92 Å². The van der Waals surface area contributed by atoms with Crippen LogP contribution in [0.5, 0.6) is 17.4 Å². The van der Waals surface area contributed by atoms with E-state index in [0.717, 1.165) is 45.0 Å². The number of methoxy groups -OCH3 is 2. The fraction of sp³-hybridized carbons (Fsp3) is 0.0968. The van der Waals surface area contributed by atoms with Crippen LogP contribution in [0.15, 0.2) is 83.4 Å². The number of rotatable bonds is 7. The van der Waals surface area contributed by atoms with Gasteiger partial charge in [-0.2, -0.15) is 0 Å². The number of thiophene rings is 1. The van der Waals surface area contributed by atoms with Crippen molar-refractivity contribution in [1.29, 1.82) is 0 Å². The van der Waals surface area contributed by atoms with Crippen LogP contribution in [0.1, 0.15) is 20.9 Å². The summed E-state index contributed by atoms with van der Waals surface area (Å²) >= 11 is 1.15. The van der Waals surface area contributed by atoms with Crippen LogP contribution in [0.4, 0.5) is 5.69 Å². The fourth-order valence-electron chi connectivity index (χ4n) is 4.61. The van der Waals surface area contributed by atoms with Gasteiger partial charge in [0, 0.05) is 27.8 Å². The second kappa shape index (κ2) is 10.4. The zero-order valence-corrected chi connectivity index (χ0v) is 23.2. The third kappa shape index (κ3) is 4.64. The number of hydrogen-bond acceptors (Lipinski definition) is 9. The van der Waals surface area contributed by atoms with Crippen LogP contribution >= 0.6 is 11.3 Å². The molecular formula is C31H25N4O5S+. The predicted molar refractivity (Wildman–Crippen MR) is 156 cm³/mol. The topological polar surface area (TPSA) is 125 Å². The molecule has 6 rings (SSSR count). The lowest BCUT2D eigenvalue weighted by Gasteiger charge is -2.10. The summed E-state index contributed by atoms with van der Waals surface area (Å²) in [5, 5.41) is 15.1. The molecule has 0 aliphatic heterocycles. The summed E-state index contributed by atoms with van der Waals surface area (Å²) in [6.45, 7) is 2.02. The van der Waals surface area contributed by atoms with Crippen molar-refractivity contribution in [2.75, 3.05) is 20.0 Å². The van der Waals surface area contributed by atoms with E-state index in [1.807, 2.05) is 61.5 Å². The summed E-state index contributed by atoms with van der Waals surface area (Å²) in [7, 11) is 3.18. The van der Waals surface area contributed by atoms with Gasteiger partial charge in [0.25, 0.3) is 5.78 Å². The molecule has 3 aromatic heterocycles. The maximum absolute atomic E-state index is 13.9. The predicted octanol–water partition coefficient (Wildman–Crippen LogP) is 5.74. The number of fused-ring (bicyclic) bond motifs is 1. The molecule has 3 aromatic carbocycles. The Morgan fingerprint density at radius 3 is 2.17 bits per heavy atom. The molecule has 0 spiro atoms. The highest BCUT2D eigenvalue weighted by atomic mass is 32.1. The molecule has 3 N–H and O–H groups in total. The second-order valence-corrected chi connectivity index (χ2v) is 10.3. The average Bonchev–Trinajstić information content (AvgIpc) is 3.56. The smallest absolute Gasteiger partial charge is 0.393 e. The first-order chi connectivity index (χ1) is 19.9. The minimum atomic E-state index is -0.617. The van der Waals surface area contributed by atoms with Crippen LogP contribution in [0, 0.1) is 6.92 Å². The lowest BCUT2D eigenvalue weighted by molar-refractivity contribution is -0.672. The molecule has 0 unspecified atom stereocenters. The molecule has 10 heteroatoms. The molecule has 9 nitrogen and oxygen atoms in total. The van der Waals surface area contributed by atoms with Crippen LogP contribution in [-0.2, 0) is 0 Å². The van der Waals surface area contributed by atoms with Crippen LogP contribution in [0.3, 0.4) is 0 Å². The number of aromatic nitrogens is 3. The van der Waals surface area contributed by atoms with Gasteiger partial charge in [-0.25, -0.2) is 4.98 Å². The summed E-state index contributed by atoms with van der Waals surface area (Å²) in [5.41, 5.74) is 11.8. The second-order valence-electron chi connectivity index (χ2n) is 9.34. The minimum absolute atomic E-state index is 0.152. The normalized spacial score (nSPS) is 11.1. The van der Waals surface area contributed by atoms with Crippen LogP contribution in [0.25, 0.3) is 38.3 Å². The number of carbonyl (C=O) groups is 1. The van der Waals surface area contributed by atoms with Gasteiger partial charge in [-0.1, -0.05) is 29.8 Å². The highest BCUT2D eigenvalue weighted by Crippen LogP contribution is 2.42. The monoisotopic (exact) mass is 565 g/mol. The number of pyridine rings is 1. The molecule has 0 saturated carbocycles. The molecule has 0 saturated heterocycles. The van der Waals surface area contributed by atoms with E-state index in [9.17, 15) is 9.90 Å². The zero-order valence-electron chi connectivity index (χ0n) is 22.4. The molecule has 0 aliphatic carbocycles. The molecule has 204 valence electrons. The van der Waals surface area contributed by atoms with E-state index in [4.69, 9.17) is 24.7 Å². The standard InChI is InChI=1S/C31H24N4O5S/c1-17-4-6-18(7-5-17)23-16-24(19-8-12-21(38-2)13-9-19)33-30-25(23)26(32)29(41-30)28(36)27-31(37)40-34-35(27)20-10-14-22(39-3)15-11-20/h4-16H,1-3H3,(H2-,32,34,36,37)/p+1. The number of nitrogens with two attached hydrogens (primary N) is 1. The first-order valence-electron chi connectivity index (χ1n) is 12.6. The largest absolute Gasteiger partial charge is 0.497 e. The van der Waals surface area contributed by atoms with E-state index in [0.29, 0.717) is 21.7 Å². The first kappa shape index (κ1) is 26.0. The van der Waals surface area contributed by atoms with E-state index in [-0.39, 0.29) is 16.3 Å². The van der Waals surface area contributed by atoms with Crippen molar-refractivity contribution in [3.63, 3.8) is 0 Å². The number of aromatic hydroxyl groups is 1. The summed E-state index contributed by atoms with van der Waals surface area (Å²) in [6.07, 6.45) is 0. The lowest BCUT2D eigenvalue weighted by Crippen LogP contribution is -2.38. The molecule has 0 bridgehead atoms. The Morgan fingerprint density at radius 1 is 0.927 bits per heavy atom. The molecule has 3 heterocycles. The van der Waals surface area contributed by atoms with Crippen molar-refractivity contribution < 1.29 is 28.6 Å². The Kier molecular flexibility index (Phi) is 6.60. The Balaban J connectivity index is 1.52. The van der Waals surface area contributed by atoms with E-state index in [2.05, 4.69) is 5.27 Å². The van der Waals surface area contributed by atoms with Gasteiger partial charge in [0.05, 0.1) is 25.6 Å². The van der Waals surface area contributed by atoms with Crippen molar-refractivity contribution in [3.8, 4) is 45.5 Å². The van der Waals surface area contributed by atoms with Crippen molar-refractivity contribution in [3.05, 3.63) is 95.0 Å². The molecular weight excluding hydrogens is 540 g/mol. The number of benzene rings is 3. The molecule has 0 atom stereocenters. The van der Waals surface area contributed by atoms with Crippen molar-refractivity contribution in [1.82, 2.24) is 10.3 Å². The van der Waals surface area contributed by atoms with Gasteiger partial charge in [-0.05, 0) is 60.5 Å². The first-order valence-corrected chi connectivity index (χ1v) is 13.4. The Morgan fingerprint density at radius 2 is 1.54 bits per heavy atom. The highest BCUT2D eigenvalue weighted by molar-refractivity contribution is 7.21. The third-order valence-corrected chi connectivity index (χ3v) is 7.91. The van der Waals surface area contributed by atoms with Crippen LogP contribution in [-0.4, -0.2) is 35.4 Å². The number of aryl methyl sites for hydroxylation is 1. The number of anilines is 1. The molecule has 0 fully saturated rings. The third-order valence-electron chi connectivity index (χ3n) is 6.81. The van der Waals surface area contributed by atoms with Gasteiger partial charge in [-0.3, -0.25) is 9.32 Å². The van der Waals surface area contributed by atoms with E-state index >= 15 is 0 Å². The fourth-order valence-corrected chi connectivity index (χ4v) is 5.68. The van der Waals surface area contributed by atoms with Crippen molar-refractivity contribution >= 4 is 33.0 Å². The Labute approximate surface area is 239 Å². The zero-order chi connectivity index (χ0) is 28.7. The SMILES string of the molecule is COc1ccc(-c2cc(-c3ccc(C)cc3)c3c(N)c(C(=O)c4c(O)on[n+]4-c4ccc(OC)cc4)sc3n2)cc1. The van der Waals surface area contributed by atoms with Crippen LogP contribution < -0.4 is 19.9 Å². The number of nitrogen functional groups attached to an aromatic ring is 1. The molecule has 0 aliphatic rings. The van der Waals surface area contributed by atoms with Gasteiger partial charge in [-0.15, -0.1) is 11.3 Å². The number of ketones is 1. The molecule has 6 aromatic rings. The number of ether oxygens (including phenoxy) is 2. The van der Waals surface area contributed by atoms with E-state index in [1.54, 1.807) is 38.5 Å². The molecule has 0 radical (unpaired) electrons. The summed E-state index contributed by atoms with van der Waals surface area (Å²) in [5.74, 6) is 0.209. The van der Waals surface area contributed by atoms with Crippen molar-refractivity contribution in [2.24, 2.45) is 0 Å². The minimum Gasteiger partial charge on any atom is -0.497 e.